The zero-order chi connectivity index (χ0) is 17.2. The van der Waals surface area contributed by atoms with Crippen molar-refractivity contribution in [2.45, 2.75) is 11.4 Å². The average Bonchev–Trinajstić information content (AvgIpc) is 3.07. The molecule has 4 nitrogen and oxygen atoms in total. The van der Waals surface area contributed by atoms with E-state index >= 15 is 0 Å². The van der Waals surface area contributed by atoms with Crippen LogP contribution in [0.15, 0.2) is 58.9 Å². The smallest absolute Gasteiger partial charge is 0.243 e. The maximum absolute atomic E-state index is 13.7. The fraction of sp³-hybridized carbons (Fsp3) is 0.0625. The number of halogens is 2. The number of nitrogens with zero attached hydrogens (tertiary/aromatic N) is 1. The van der Waals surface area contributed by atoms with Crippen LogP contribution in [-0.4, -0.2) is 13.4 Å². The summed E-state index contributed by atoms with van der Waals surface area (Å²) in [7, 11) is -4.11. The molecule has 0 radical (unpaired) electrons. The maximum atomic E-state index is 13.7. The molecule has 1 N–H and O–H groups in total. The third-order valence-corrected chi connectivity index (χ3v) is 5.59. The minimum Gasteiger partial charge on any atom is -0.255 e. The van der Waals surface area contributed by atoms with Gasteiger partial charge in [0.15, 0.2) is 0 Å². The summed E-state index contributed by atoms with van der Waals surface area (Å²) in [4.78, 5) is 4.58. The van der Waals surface area contributed by atoms with E-state index in [9.17, 15) is 17.2 Å². The molecule has 1 aromatic carbocycles. The van der Waals surface area contributed by atoms with E-state index in [2.05, 4.69) is 9.71 Å². The van der Waals surface area contributed by atoms with Crippen LogP contribution in [0.2, 0.25) is 0 Å². The summed E-state index contributed by atoms with van der Waals surface area (Å²) in [6.45, 7) is -0.0553. The predicted octanol–water partition coefficient (Wildman–Crippen LogP) is 3.57. The second-order valence-electron chi connectivity index (χ2n) is 4.89. The van der Waals surface area contributed by atoms with Gasteiger partial charge in [0.05, 0.1) is 10.6 Å². The highest BCUT2D eigenvalue weighted by Crippen LogP contribution is 2.26. The maximum Gasteiger partial charge on any atom is 0.243 e. The number of hydrogen-bond donors (Lipinski definition) is 1. The number of nitrogens with one attached hydrogen (secondary N) is 1. The van der Waals surface area contributed by atoms with E-state index in [1.54, 1.807) is 18.3 Å². The van der Waals surface area contributed by atoms with Gasteiger partial charge in [-0.15, -0.1) is 11.3 Å². The lowest BCUT2D eigenvalue weighted by molar-refractivity contribution is 0.543. The molecule has 0 atom stereocenters. The third kappa shape index (κ3) is 3.50. The molecule has 0 fully saturated rings. The Bertz CT molecular complexity index is 958. The molecule has 0 amide bonds. The molecule has 0 aliphatic carbocycles. The molecule has 0 saturated heterocycles. The predicted molar refractivity (Wildman–Crippen MR) is 87.9 cm³/mol. The van der Waals surface area contributed by atoms with E-state index in [1.165, 1.54) is 11.3 Å². The van der Waals surface area contributed by atoms with E-state index in [0.29, 0.717) is 17.3 Å². The van der Waals surface area contributed by atoms with Crippen LogP contribution in [0.4, 0.5) is 8.78 Å². The number of sulfonamides is 1. The van der Waals surface area contributed by atoms with Crippen molar-refractivity contribution in [2.75, 3.05) is 0 Å². The van der Waals surface area contributed by atoms with Crippen LogP contribution in [0.1, 0.15) is 5.56 Å². The van der Waals surface area contributed by atoms with Crippen molar-refractivity contribution < 1.29 is 17.2 Å². The van der Waals surface area contributed by atoms with Crippen molar-refractivity contribution in [3.05, 3.63) is 71.2 Å². The quantitative estimate of drug-likeness (QED) is 0.751. The Hall–Kier alpha value is -2.16. The summed E-state index contributed by atoms with van der Waals surface area (Å²) in [6, 6.07) is 9.52. The standard InChI is InChI=1S/C16H12F2N2O2S2/c17-12-5-6-15(13(18)9-12)24(21,22)20-10-11-3-1-7-19-16(11)14-4-2-8-23-14/h1-9,20H,10H2. The zero-order valence-corrected chi connectivity index (χ0v) is 13.9. The van der Waals surface area contributed by atoms with E-state index in [4.69, 9.17) is 0 Å². The molecular weight excluding hydrogens is 354 g/mol. The molecule has 124 valence electrons. The number of pyridine rings is 1. The summed E-state index contributed by atoms with van der Waals surface area (Å²) < 4.78 is 53.5. The topological polar surface area (TPSA) is 59.1 Å². The molecular formula is C16H12F2N2O2S2. The minimum atomic E-state index is -4.11. The Morgan fingerprint density at radius 1 is 1.12 bits per heavy atom. The third-order valence-electron chi connectivity index (χ3n) is 3.28. The van der Waals surface area contributed by atoms with Crippen molar-refractivity contribution in [3.8, 4) is 10.6 Å². The lowest BCUT2D eigenvalue weighted by Crippen LogP contribution is -2.24. The van der Waals surface area contributed by atoms with E-state index in [-0.39, 0.29) is 6.54 Å². The largest absolute Gasteiger partial charge is 0.255 e. The van der Waals surface area contributed by atoms with Crippen molar-refractivity contribution in [3.63, 3.8) is 0 Å². The number of aromatic nitrogens is 1. The van der Waals surface area contributed by atoms with Crippen molar-refractivity contribution in [2.24, 2.45) is 0 Å². The summed E-state index contributed by atoms with van der Waals surface area (Å²) in [5, 5.41) is 1.89. The SMILES string of the molecule is O=S(=O)(NCc1cccnc1-c1cccs1)c1ccc(F)cc1F. The van der Waals surface area contributed by atoms with Gasteiger partial charge >= 0.3 is 0 Å². The zero-order valence-electron chi connectivity index (χ0n) is 12.2. The highest BCUT2D eigenvalue weighted by atomic mass is 32.2. The van der Waals surface area contributed by atoms with Gasteiger partial charge in [0, 0.05) is 18.8 Å². The molecule has 2 heterocycles. The van der Waals surface area contributed by atoms with Crippen LogP contribution >= 0.6 is 11.3 Å². The molecule has 8 heteroatoms. The van der Waals surface area contributed by atoms with Gasteiger partial charge in [-0.2, -0.15) is 0 Å². The normalized spacial score (nSPS) is 11.6. The number of hydrogen-bond acceptors (Lipinski definition) is 4. The lowest BCUT2D eigenvalue weighted by atomic mass is 10.2. The Kier molecular flexibility index (Phi) is 4.70. The van der Waals surface area contributed by atoms with Gasteiger partial charge in [-0.05, 0) is 35.2 Å². The first-order valence-electron chi connectivity index (χ1n) is 6.90. The van der Waals surface area contributed by atoms with E-state index in [0.717, 1.165) is 17.0 Å². The van der Waals surface area contributed by atoms with Gasteiger partial charge in [-0.25, -0.2) is 21.9 Å². The highest BCUT2D eigenvalue weighted by molar-refractivity contribution is 7.89. The van der Waals surface area contributed by atoms with Gasteiger partial charge < -0.3 is 0 Å². The first-order chi connectivity index (χ1) is 11.5. The van der Waals surface area contributed by atoms with Crippen molar-refractivity contribution in [1.82, 2.24) is 9.71 Å². The van der Waals surface area contributed by atoms with Gasteiger partial charge in [-0.3, -0.25) is 4.98 Å². The minimum absolute atomic E-state index is 0.0553. The number of rotatable bonds is 5. The van der Waals surface area contributed by atoms with Crippen LogP contribution in [0.25, 0.3) is 10.6 Å². The number of thiophene rings is 1. The Morgan fingerprint density at radius 2 is 1.96 bits per heavy atom. The van der Waals surface area contributed by atoms with E-state index < -0.39 is 26.6 Å². The van der Waals surface area contributed by atoms with Crippen LogP contribution < -0.4 is 4.72 Å². The van der Waals surface area contributed by atoms with Gasteiger partial charge in [-0.1, -0.05) is 12.1 Å². The summed E-state index contributed by atoms with van der Waals surface area (Å²) in [6.07, 6.45) is 1.62. The average molecular weight is 366 g/mol. The first kappa shape index (κ1) is 16.7. The molecule has 0 aliphatic rings. The first-order valence-corrected chi connectivity index (χ1v) is 9.26. The van der Waals surface area contributed by atoms with Crippen LogP contribution in [0, 0.1) is 11.6 Å². The lowest BCUT2D eigenvalue weighted by Gasteiger charge is -2.10. The molecule has 24 heavy (non-hydrogen) atoms. The Morgan fingerprint density at radius 3 is 2.67 bits per heavy atom. The van der Waals surface area contributed by atoms with Crippen molar-refractivity contribution >= 4 is 21.4 Å². The molecule has 3 aromatic rings. The molecule has 0 saturated carbocycles. The highest BCUT2D eigenvalue weighted by Gasteiger charge is 2.20. The van der Waals surface area contributed by atoms with Crippen molar-refractivity contribution in [1.29, 1.82) is 0 Å². The molecule has 0 unspecified atom stereocenters. The molecule has 0 spiro atoms. The summed E-state index contributed by atoms with van der Waals surface area (Å²) in [5.74, 6) is -1.97. The van der Waals surface area contributed by atoms with Gasteiger partial charge in [0.1, 0.15) is 16.5 Å². The van der Waals surface area contributed by atoms with E-state index in [1.807, 2.05) is 17.5 Å². The Balaban J connectivity index is 1.86. The second-order valence-corrected chi connectivity index (χ2v) is 7.57. The molecule has 2 aromatic heterocycles. The van der Waals surface area contributed by atoms with Crippen LogP contribution in [-0.2, 0) is 16.6 Å². The molecule has 0 aliphatic heterocycles. The van der Waals surface area contributed by atoms with Gasteiger partial charge in [0.25, 0.3) is 0 Å². The summed E-state index contributed by atoms with van der Waals surface area (Å²) >= 11 is 1.48. The number of benzene rings is 1. The Labute approximate surface area is 141 Å². The summed E-state index contributed by atoms with van der Waals surface area (Å²) in [5.41, 5.74) is 1.32. The van der Waals surface area contributed by atoms with Gasteiger partial charge in [0.2, 0.25) is 10.0 Å². The monoisotopic (exact) mass is 366 g/mol. The molecule has 3 rings (SSSR count). The van der Waals surface area contributed by atoms with Crippen LogP contribution in [0.5, 0.6) is 0 Å². The fourth-order valence-electron chi connectivity index (χ4n) is 2.16. The second kappa shape index (κ2) is 6.76. The van der Waals surface area contributed by atoms with Crippen LogP contribution in [0.3, 0.4) is 0 Å². The molecule has 0 bridgehead atoms. The fourth-order valence-corrected chi connectivity index (χ4v) is 3.98.